The highest BCUT2D eigenvalue weighted by Gasteiger charge is 2.27. The fourth-order valence-corrected chi connectivity index (χ4v) is 2.99. The predicted molar refractivity (Wildman–Crippen MR) is 78.2 cm³/mol. The molecule has 2 aromatic rings. The van der Waals surface area contributed by atoms with Gasteiger partial charge in [0, 0.05) is 24.0 Å². The standard InChI is InChI=1S/C15H20N4/c1-11(16)14-8-4-5-9-19(14)15-12-6-2-3-7-13(12)17-10-18-15/h2-3,6-7,10-11,14H,4-5,8-9,16H2,1H3. The number of hydrogen-bond acceptors (Lipinski definition) is 4. The van der Waals surface area contributed by atoms with Crippen LogP contribution >= 0.6 is 0 Å². The number of rotatable bonds is 2. The number of fused-ring (bicyclic) bond motifs is 1. The average molecular weight is 256 g/mol. The maximum absolute atomic E-state index is 6.15. The van der Waals surface area contributed by atoms with Gasteiger partial charge in [-0.3, -0.25) is 0 Å². The van der Waals surface area contributed by atoms with Gasteiger partial charge in [-0.1, -0.05) is 12.1 Å². The molecule has 1 aromatic carbocycles. The zero-order valence-corrected chi connectivity index (χ0v) is 11.3. The van der Waals surface area contributed by atoms with Gasteiger partial charge in [0.1, 0.15) is 12.1 Å². The molecule has 1 aromatic heterocycles. The van der Waals surface area contributed by atoms with E-state index in [9.17, 15) is 0 Å². The van der Waals surface area contributed by atoms with Crippen LogP contribution in [0, 0.1) is 0 Å². The van der Waals surface area contributed by atoms with E-state index in [-0.39, 0.29) is 6.04 Å². The molecule has 2 N–H and O–H groups in total. The quantitative estimate of drug-likeness (QED) is 0.896. The maximum Gasteiger partial charge on any atom is 0.140 e. The monoisotopic (exact) mass is 256 g/mol. The summed E-state index contributed by atoms with van der Waals surface area (Å²) in [5, 5.41) is 1.12. The van der Waals surface area contributed by atoms with E-state index in [1.54, 1.807) is 6.33 Å². The Bertz CT molecular complexity index is 562. The van der Waals surface area contributed by atoms with Crippen LogP contribution < -0.4 is 10.6 Å². The molecule has 1 saturated heterocycles. The van der Waals surface area contributed by atoms with Crippen molar-refractivity contribution in [3.05, 3.63) is 30.6 Å². The van der Waals surface area contributed by atoms with Gasteiger partial charge in [-0.25, -0.2) is 9.97 Å². The lowest BCUT2D eigenvalue weighted by Gasteiger charge is -2.39. The minimum absolute atomic E-state index is 0.161. The molecule has 1 aliphatic heterocycles. The molecule has 0 saturated carbocycles. The lowest BCUT2D eigenvalue weighted by Crippen LogP contribution is -2.49. The molecule has 1 aliphatic rings. The number of nitrogens with zero attached hydrogens (tertiary/aromatic N) is 3. The fraction of sp³-hybridized carbons (Fsp3) is 0.467. The molecule has 0 amide bonds. The van der Waals surface area contributed by atoms with Crippen molar-refractivity contribution in [1.82, 2.24) is 9.97 Å². The molecule has 1 fully saturated rings. The minimum Gasteiger partial charge on any atom is -0.351 e. The molecule has 4 nitrogen and oxygen atoms in total. The van der Waals surface area contributed by atoms with Crippen molar-refractivity contribution < 1.29 is 0 Å². The normalized spacial score (nSPS) is 21.6. The highest BCUT2D eigenvalue weighted by atomic mass is 15.2. The summed E-state index contributed by atoms with van der Waals surface area (Å²) in [5.74, 6) is 1.03. The summed E-state index contributed by atoms with van der Waals surface area (Å²) in [7, 11) is 0. The lowest BCUT2D eigenvalue weighted by molar-refractivity contribution is 0.412. The van der Waals surface area contributed by atoms with Crippen molar-refractivity contribution in [1.29, 1.82) is 0 Å². The SMILES string of the molecule is CC(N)C1CCCCN1c1ncnc2ccccc12. The number of hydrogen-bond donors (Lipinski definition) is 1. The number of nitrogens with two attached hydrogens (primary N) is 1. The first-order valence-corrected chi connectivity index (χ1v) is 6.99. The maximum atomic E-state index is 6.15. The van der Waals surface area contributed by atoms with Crippen LogP contribution in [0.4, 0.5) is 5.82 Å². The van der Waals surface area contributed by atoms with E-state index in [1.165, 1.54) is 12.8 Å². The third-order valence-corrected chi connectivity index (χ3v) is 3.95. The van der Waals surface area contributed by atoms with Gasteiger partial charge in [0.2, 0.25) is 0 Å². The number of piperidine rings is 1. The highest BCUT2D eigenvalue weighted by Crippen LogP contribution is 2.29. The molecule has 2 atom stereocenters. The Morgan fingerprint density at radius 2 is 2.11 bits per heavy atom. The molecule has 0 radical (unpaired) electrons. The van der Waals surface area contributed by atoms with Gasteiger partial charge < -0.3 is 10.6 Å². The van der Waals surface area contributed by atoms with Crippen LogP contribution in [-0.4, -0.2) is 28.6 Å². The Morgan fingerprint density at radius 1 is 1.26 bits per heavy atom. The number of anilines is 1. The topological polar surface area (TPSA) is 55.0 Å². The molecule has 0 spiro atoms. The lowest BCUT2D eigenvalue weighted by atomic mass is 9.96. The Hall–Kier alpha value is -1.68. The van der Waals surface area contributed by atoms with Gasteiger partial charge in [-0.15, -0.1) is 0 Å². The van der Waals surface area contributed by atoms with E-state index in [2.05, 4.69) is 27.9 Å². The van der Waals surface area contributed by atoms with Gasteiger partial charge >= 0.3 is 0 Å². The second kappa shape index (κ2) is 5.13. The van der Waals surface area contributed by atoms with Gasteiger partial charge in [0.25, 0.3) is 0 Å². The van der Waals surface area contributed by atoms with Crippen molar-refractivity contribution >= 4 is 16.7 Å². The summed E-state index contributed by atoms with van der Waals surface area (Å²) in [6.07, 6.45) is 5.27. The molecule has 2 heterocycles. The first-order chi connectivity index (χ1) is 9.27. The second-order valence-electron chi connectivity index (χ2n) is 5.33. The Balaban J connectivity index is 2.07. The van der Waals surface area contributed by atoms with E-state index >= 15 is 0 Å². The van der Waals surface area contributed by atoms with Gasteiger partial charge in [0.05, 0.1) is 5.52 Å². The molecule has 19 heavy (non-hydrogen) atoms. The van der Waals surface area contributed by atoms with Crippen molar-refractivity contribution in [3.8, 4) is 0 Å². The van der Waals surface area contributed by atoms with E-state index in [0.717, 1.165) is 29.7 Å². The highest BCUT2D eigenvalue weighted by molar-refractivity contribution is 5.89. The third kappa shape index (κ3) is 2.28. The second-order valence-corrected chi connectivity index (χ2v) is 5.33. The van der Waals surface area contributed by atoms with Crippen molar-refractivity contribution in [2.24, 2.45) is 5.73 Å². The number of aromatic nitrogens is 2. The Kier molecular flexibility index (Phi) is 3.34. The molecular formula is C15H20N4. The Labute approximate surface area is 113 Å². The molecule has 0 bridgehead atoms. The first kappa shape index (κ1) is 12.4. The molecule has 2 unspecified atom stereocenters. The summed E-state index contributed by atoms with van der Waals surface area (Å²) in [6.45, 7) is 3.12. The van der Waals surface area contributed by atoms with Crippen molar-refractivity contribution in [3.63, 3.8) is 0 Å². The van der Waals surface area contributed by atoms with Crippen molar-refractivity contribution in [2.45, 2.75) is 38.3 Å². The third-order valence-electron chi connectivity index (χ3n) is 3.95. The van der Waals surface area contributed by atoms with Crippen molar-refractivity contribution in [2.75, 3.05) is 11.4 Å². The molecular weight excluding hydrogens is 236 g/mol. The average Bonchev–Trinajstić information content (AvgIpc) is 2.46. The van der Waals surface area contributed by atoms with Crippen LogP contribution in [0.15, 0.2) is 30.6 Å². The summed E-state index contributed by atoms with van der Waals surface area (Å²) in [4.78, 5) is 11.2. The summed E-state index contributed by atoms with van der Waals surface area (Å²) in [6, 6.07) is 8.72. The van der Waals surface area contributed by atoms with Gasteiger partial charge in [-0.2, -0.15) is 0 Å². The van der Waals surface area contributed by atoms with Crippen LogP contribution in [0.25, 0.3) is 10.9 Å². The Morgan fingerprint density at radius 3 is 2.95 bits per heavy atom. The minimum atomic E-state index is 0.161. The summed E-state index contributed by atoms with van der Waals surface area (Å²) in [5.41, 5.74) is 7.16. The predicted octanol–water partition coefficient (Wildman–Crippen LogP) is 2.34. The van der Waals surface area contributed by atoms with E-state index in [0.29, 0.717) is 6.04 Å². The van der Waals surface area contributed by atoms with Crippen LogP contribution in [-0.2, 0) is 0 Å². The number of para-hydroxylation sites is 1. The molecule has 4 heteroatoms. The zero-order valence-electron chi connectivity index (χ0n) is 11.3. The molecule has 3 rings (SSSR count). The van der Waals surface area contributed by atoms with E-state index in [4.69, 9.17) is 5.73 Å². The first-order valence-electron chi connectivity index (χ1n) is 6.99. The number of benzene rings is 1. The van der Waals surface area contributed by atoms with Crippen LogP contribution in [0.2, 0.25) is 0 Å². The van der Waals surface area contributed by atoms with Crippen LogP contribution in [0.1, 0.15) is 26.2 Å². The zero-order chi connectivity index (χ0) is 13.2. The van der Waals surface area contributed by atoms with E-state index in [1.807, 2.05) is 18.2 Å². The smallest absolute Gasteiger partial charge is 0.140 e. The molecule has 0 aliphatic carbocycles. The molecule has 100 valence electrons. The van der Waals surface area contributed by atoms with Crippen LogP contribution in [0.3, 0.4) is 0 Å². The fourth-order valence-electron chi connectivity index (χ4n) is 2.99. The van der Waals surface area contributed by atoms with Gasteiger partial charge in [-0.05, 0) is 38.3 Å². The van der Waals surface area contributed by atoms with Crippen LogP contribution in [0.5, 0.6) is 0 Å². The largest absolute Gasteiger partial charge is 0.351 e. The van der Waals surface area contributed by atoms with E-state index < -0.39 is 0 Å². The summed E-state index contributed by atoms with van der Waals surface area (Å²) >= 11 is 0. The van der Waals surface area contributed by atoms with Gasteiger partial charge in [0.15, 0.2) is 0 Å². The summed E-state index contributed by atoms with van der Waals surface area (Å²) < 4.78 is 0.